The molecule has 0 aromatic carbocycles. The van der Waals surface area contributed by atoms with Crippen LogP contribution in [0.5, 0.6) is 0 Å². The highest BCUT2D eigenvalue weighted by Gasteiger charge is 2.18. The van der Waals surface area contributed by atoms with Gasteiger partial charge >= 0.3 is 0 Å². The van der Waals surface area contributed by atoms with Crippen molar-refractivity contribution in [3.05, 3.63) is 21.7 Å². The van der Waals surface area contributed by atoms with Crippen molar-refractivity contribution in [2.75, 3.05) is 5.43 Å². The van der Waals surface area contributed by atoms with Crippen molar-refractivity contribution < 1.29 is 0 Å². The van der Waals surface area contributed by atoms with Crippen molar-refractivity contribution in [2.45, 2.75) is 33.1 Å². The van der Waals surface area contributed by atoms with Crippen LogP contribution >= 0.6 is 0 Å². The van der Waals surface area contributed by atoms with Gasteiger partial charge in [-0.15, -0.1) is 0 Å². The minimum absolute atomic E-state index is 0.155. The van der Waals surface area contributed by atoms with Crippen LogP contribution in [0, 0.1) is 6.92 Å². The SMILES string of the molecule is Cc1c(NN)nc(C(C)(C)C)[nH]c1=O. The predicted octanol–water partition coefficient (Wildman–Crippen LogP) is 0.661. The van der Waals surface area contributed by atoms with Crippen LogP contribution in [0.1, 0.15) is 32.2 Å². The second kappa shape index (κ2) is 3.42. The lowest BCUT2D eigenvalue weighted by Crippen LogP contribution is -2.26. The van der Waals surface area contributed by atoms with E-state index in [1.165, 1.54) is 0 Å². The van der Waals surface area contributed by atoms with E-state index in [1.54, 1.807) is 6.92 Å². The number of nitrogens with one attached hydrogen (secondary N) is 2. The Hall–Kier alpha value is -1.36. The van der Waals surface area contributed by atoms with Gasteiger partial charge in [-0.3, -0.25) is 4.79 Å². The molecule has 0 saturated heterocycles. The molecule has 0 atom stereocenters. The largest absolute Gasteiger partial charge is 0.310 e. The summed E-state index contributed by atoms with van der Waals surface area (Å²) in [6, 6.07) is 0. The number of hydrogen-bond donors (Lipinski definition) is 3. The third kappa shape index (κ3) is 1.93. The molecule has 0 amide bonds. The highest BCUT2D eigenvalue weighted by Crippen LogP contribution is 2.18. The first-order valence-electron chi connectivity index (χ1n) is 4.44. The molecule has 5 heteroatoms. The zero-order valence-corrected chi connectivity index (χ0v) is 8.93. The third-order valence-corrected chi connectivity index (χ3v) is 2.00. The Labute approximate surface area is 82.7 Å². The molecule has 0 radical (unpaired) electrons. The smallest absolute Gasteiger partial charge is 0.255 e. The van der Waals surface area contributed by atoms with Crippen LogP contribution in [0.15, 0.2) is 4.79 Å². The van der Waals surface area contributed by atoms with Gasteiger partial charge in [-0.05, 0) is 6.92 Å². The molecule has 4 N–H and O–H groups in total. The maximum atomic E-state index is 11.5. The van der Waals surface area contributed by atoms with E-state index in [2.05, 4.69) is 15.4 Å². The molecule has 0 unspecified atom stereocenters. The molecule has 0 fully saturated rings. The minimum Gasteiger partial charge on any atom is -0.310 e. The van der Waals surface area contributed by atoms with Crippen molar-refractivity contribution in [2.24, 2.45) is 5.84 Å². The molecule has 0 saturated carbocycles. The highest BCUT2D eigenvalue weighted by atomic mass is 16.1. The van der Waals surface area contributed by atoms with E-state index in [-0.39, 0.29) is 11.0 Å². The molecule has 14 heavy (non-hydrogen) atoms. The first-order valence-corrected chi connectivity index (χ1v) is 4.44. The van der Waals surface area contributed by atoms with Gasteiger partial charge < -0.3 is 10.4 Å². The molecule has 5 nitrogen and oxygen atoms in total. The fourth-order valence-electron chi connectivity index (χ4n) is 1.03. The zero-order valence-electron chi connectivity index (χ0n) is 8.93. The molecule has 1 aromatic rings. The van der Waals surface area contributed by atoms with Gasteiger partial charge in [0.25, 0.3) is 5.56 Å². The summed E-state index contributed by atoms with van der Waals surface area (Å²) in [7, 11) is 0. The quantitative estimate of drug-likeness (QED) is 0.455. The second-order valence-electron chi connectivity index (χ2n) is 4.28. The summed E-state index contributed by atoms with van der Waals surface area (Å²) in [5.41, 5.74) is 2.57. The lowest BCUT2D eigenvalue weighted by Gasteiger charge is -2.18. The number of aromatic nitrogens is 2. The number of nitrogen functional groups attached to an aromatic ring is 1. The Balaban J connectivity index is 3.38. The van der Waals surface area contributed by atoms with Crippen LogP contribution in [0.25, 0.3) is 0 Å². The molecule has 1 aromatic heterocycles. The normalized spacial score (nSPS) is 11.5. The molecule has 0 aliphatic carbocycles. The van der Waals surface area contributed by atoms with Crippen molar-refractivity contribution in [3.8, 4) is 0 Å². The fraction of sp³-hybridized carbons (Fsp3) is 0.556. The molecular weight excluding hydrogens is 180 g/mol. The molecule has 0 bridgehead atoms. The molecule has 0 aliphatic rings. The van der Waals surface area contributed by atoms with Gasteiger partial charge in [0, 0.05) is 5.41 Å². The van der Waals surface area contributed by atoms with Gasteiger partial charge in [-0.2, -0.15) is 0 Å². The van der Waals surface area contributed by atoms with E-state index in [9.17, 15) is 4.79 Å². The Morgan fingerprint density at radius 3 is 2.43 bits per heavy atom. The Morgan fingerprint density at radius 2 is 2.00 bits per heavy atom. The van der Waals surface area contributed by atoms with Crippen LogP contribution in [0.2, 0.25) is 0 Å². The Bertz CT molecular complexity index is 389. The first kappa shape index (κ1) is 10.7. The van der Waals surface area contributed by atoms with Crippen LogP contribution in [-0.4, -0.2) is 9.97 Å². The molecule has 1 heterocycles. The number of nitrogens with zero attached hydrogens (tertiary/aromatic N) is 1. The number of hydrazine groups is 1. The summed E-state index contributed by atoms with van der Waals surface area (Å²) in [5, 5.41) is 0. The van der Waals surface area contributed by atoms with Crippen molar-refractivity contribution in [1.29, 1.82) is 0 Å². The molecule has 0 aliphatic heterocycles. The van der Waals surface area contributed by atoms with Crippen molar-refractivity contribution >= 4 is 5.82 Å². The van der Waals surface area contributed by atoms with Crippen LogP contribution in [-0.2, 0) is 5.41 Å². The lowest BCUT2D eigenvalue weighted by atomic mass is 9.95. The predicted molar refractivity (Wildman–Crippen MR) is 56.1 cm³/mol. The van der Waals surface area contributed by atoms with Crippen molar-refractivity contribution in [1.82, 2.24) is 9.97 Å². The van der Waals surface area contributed by atoms with Crippen molar-refractivity contribution in [3.63, 3.8) is 0 Å². The number of aromatic amines is 1. The monoisotopic (exact) mass is 196 g/mol. The third-order valence-electron chi connectivity index (χ3n) is 2.00. The summed E-state index contributed by atoms with van der Waals surface area (Å²) in [5.74, 6) is 6.32. The second-order valence-corrected chi connectivity index (χ2v) is 4.28. The lowest BCUT2D eigenvalue weighted by molar-refractivity contribution is 0.542. The van der Waals surface area contributed by atoms with Gasteiger partial charge in [-0.25, -0.2) is 10.8 Å². The molecule has 0 spiro atoms. The average Bonchev–Trinajstić information content (AvgIpc) is 2.07. The zero-order chi connectivity index (χ0) is 10.9. The number of H-pyrrole nitrogens is 1. The minimum atomic E-state index is -0.196. The Morgan fingerprint density at radius 1 is 1.43 bits per heavy atom. The molecule has 78 valence electrons. The van der Waals surface area contributed by atoms with Gasteiger partial charge in [0.15, 0.2) is 5.82 Å². The van der Waals surface area contributed by atoms with E-state index >= 15 is 0 Å². The van der Waals surface area contributed by atoms with E-state index in [4.69, 9.17) is 5.84 Å². The van der Waals surface area contributed by atoms with Gasteiger partial charge in [0.05, 0.1) is 5.56 Å². The van der Waals surface area contributed by atoms with Crippen LogP contribution in [0.3, 0.4) is 0 Å². The summed E-state index contributed by atoms with van der Waals surface area (Å²) in [6.07, 6.45) is 0. The fourth-order valence-corrected chi connectivity index (χ4v) is 1.03. The van der Waals surface area contributed by atoms with E-state index in [0.29, 0.717) is 17.2 Å². The maximum Gasteiger partial charge on any atom is 0.255 e. The summed E-state index contributed by atoms with van der Waals surface area (Å²) < 4.78 is 0. The van der Waals surface area contributed by atoms with E-state index < -0.39 is 0 Å². The number of anilines is 1. The summed E-state index contributed by atoms with van der Waals surface area (Å²) in [6.45, 7) is 7.59. The number of rotatable bonds is 1. The maximum absolute atomic E-state index is 11.5. The molecular formula is C9H16N4O. The average molecular weight is 196 g/mol. The van der Waals surface area contributed by atoms with Crippen LogP contribution in [0.4, 0.5) is 5.82 Å². The van der Waals surface area contributed by atoms with E-state index in [0.717, 1.165) is 0 Å². The highest BCUT2D eigenvalue weighted by molar-refractivity contribution is 5.41. The van der Waals surface area contributed by atoms with Gasteiger partial charge in [0.1, 0.15) is 5.82 Å². The summed E-state index contributed by atoms with van der Waals surface area (Å²) in [4.78, 5) is 18.4. The first-order chi connectivity index (χ1) is 6.36. The van der Waals surface area contributed by atoms with Crippen LogP contribution < -0.4 is 16.8 Å². The van der Waals surface area contributed by atoms with Gasteiger partial charge in [-0.1, -0.05) is 20.8 Å². The standard InChI is InChI=1S/C9H16N4O/c1-5-6(13-10)11-8(9(2,3)4)12-7(5)14/h10H2,1-4H3,(H2,11,12,13,14). The van der Waals surface area contributed by atoms with E-state index in [1.807, 2.05) is 20.8 Å². The van der Waals surface area contributed by atoms with Gasteiger partial charge in [0.2, 0.25) is 0 Å². The molecule has 1 rings (SSSR count). The Kier molecular flexibility index (Phi) is 2.62. The topological polar surface area (TPSA) is 83.8 Å². The number of hydrogen-bond acceptors (Lipinski definition) is 4. The summed E-state index contributed by atoms with van der Waals surface area (Å²) >= 11 is 0. The number of nitrogens with two attached hydrogens (primary N) is 1.